The third-order valence-corrected chi connectivity index (χ3v) is 5.49. The molecule has 3 aromatic carbocycles. The zero-order valence-electron chi connectivity index (χ0n) is 14.4. The van der Waals surface area contributed by atoms with Crippen molar-refractivity contribution in [2.45, 2.75) is 4.90 Å². The molecule has 0 fully saturated rings. The normalized spacial score (nSPS) is 10.9. The van der Waals surface area contributed by atoms with Crippen molar-refractivity contribution in [3.05, 3.63) is 101 Å². The number of hydrogen-bond donors (Lipinski definition) is 0. The molecule has 3 rings (SSSR count). The average Bonchev–Trinajstić information content (AvgIpc) is 2.73. The molecule has 0 unspecified atom stereocenters. The van der Waals surface area contributed by atoms with E-state index in [1.165, 1.54) is 48.5 Å². The van der Waals surface area contributed by atoms with Crippen LogP contribution in [0.5, 0.6) is 0 Å². The van der Waals surface area contributed by atoms with Gasteiger partial charge < -0.3 is 4.84 Å². The van der Waals surface area contributed by atoms with Crippen molar-refractivity contribution in [3.8, 4) is 0 Å². The van der Waals surface area contributed by atoms with Crippen LogP contribution >= 0.6 is 11.6 Å². The van der Waals surface area contributed by atoms with E-state index in [1.54, 1.807) is 36.4 Å². The molecule has 0 saturated carbocycles. The van der Waals surface area contributed by atoms with Crippen molar-refractivity contribution in [2.75, 3.05) is 0 Å². The maximum Gasteiger partial charge on any atom is 0.364 e. The zero-order valence-corrected chi connectivity index (χ0v) is 15.9. The summed E-state index contributed by atoms with van der Waals surface area (Å²) in [6.07, 6.45) is 0. The van der Waals surface area contributed by atoms with E-state index in [0.29, 0.717) is 5.02 Å². The summed E-state index contributed by atoms with van der Waals surface area (Å²) in [7, 11) is -4.49. The molecule has 0 aliphatic carbocycles. The predicted molar refractivity (Wildman–Crippen MR) is 103 cm³/mol. The van der Waals surface area contributed by atoms with Crippen molar-refractivity contribution in [2.24, 2.45) is 0 Å². The number of hydroxylamine groups is 1. The number of carbonyl (C=O) groups is 2. The lowest BCUT2D eigenvalue weighted by Crippen LogP contribution is -2.38. The van der Waals surface area contributed by atoms with Gasteiger partial charge in [0, 0.05) is 10.6 Å². The van der Waals surface area contributed by atoms with Gasteiger partial charge in [-0.05, 0) is 53.0 Å². The van der Waals surface area contributed by atoms with Crippen LogP contribution in [0.3, 0.4) is 0 Å². The van der Waals surface area contributed by atoms with Gasteiger partial charge >= 0.3 is 11.9 Å². The van der Waals surface area contributed by atoms with E-state index in [4.69, 9.17) is 16.4 Å². The Labute approximate surface area is 166 Å². The molecular formula is C20H14ClNO5S. The Hall–Kier alpha value is -3.16. The molecule has 0 spiro atoms. The van der Waals surface area contributed by atoms with E-state index in [0.717, 1.165) is 0 Å². The molecule has 3 aromatic rings. The first-order valence-corrected chi connectivity index (χ1v) is 9.89. The molecule has 0 heterocycles. The summed E-state index contributed by atoms with van der Waals surface area (Å²) < 4.78 is 26.1. The maximum atomic E-state index is 13.0. The minimum atomic E-state index is -4.49. The zero-order chi connectivity index (χ0) is 20.1. The molecule has 142 valence electrons. The predicted octanol–water partition coefficient (Wildman–Crippen LogP) is 3.94. The average molecular weight is 416 g/mol. The van der Waals surface area contributed by atoms with Gasteiger partial charge in [-0.15, -0.1) is 0 Å². The highest BCUT2D eigenvalue weighted by Gasteiger charge is 2.34. The first-order chi connectivity index (χ1) is 13.4. The van der Waals surface area contributed by atoms with Crippen LogP contribution in [0.1, 0.15) is 20.7 Å². The second-order valence-corrected chi connectivity index (χ2v) is 7.79. The van der Waals surface area contributed by atoms with Crippen molar-refractivity contribution in [3.63, 3.8) is 0 Å². The SMILES string of the molecule is O=C(ON(C(=O)c1ccccc1)S(=O)(=O)c1ccc(Cl)cc1)c1ccccc1. The van der Waals surface area contributed by atoms with Gasteiger partial charge in [-0.3, -0.25) is 4.79 Å². The number of carbonyl (C=O) groups excluding carboxylic acids is 2. The highest BCUT2D eigenvalue weighted by atomic mass is 35.5. The molecule has 1 amide bonds. The Balaban J connectivity index is 2.02. The van der Waals surface area contributed by atoms with Gasteiger partial charge in [0.25, 0.3) is 10.0 Å². The molecule has 0 aliphatic rings. The molecule has 0 radical (unpaired) electrons. The molecule has 0 saturated heterocycles. The van der Waals surface area contributed by atoms with Gasteiger partial charge in [0.2, 0.25) is 0 Å². The van der Waals surface area contributed by atoms with E-state index in [2.05, 4.69) is 0 Å². The number of amides is 1. The minimum Gasteiger partial charge on any atom is -0.317 e. The Morgan fingerprint density at radius 3 is 1.79 bits per heavy atom. The fourth-order valence-electron chi connectivity index (χ4n) is 2.29. The van der Waals surface area contributed by atoms with Gasteiger partial charge in [0.15, 0.2) is 0 Å². The summed E-state index contributed by atoms with van der Waals surface area (Å²) in [5.74, 6) is -1.98. The Morgan fingerprint density at radius 2 is 1.25 bits per heavy atom. The second kappa shape index (κ2) is 8.24. The van der Waals surface area contributed by atoms with Crippen LogP contribution in [0, 0.1) is 0 Å². The summed E-state index contributed by atoms with van der Waals surface area (Å²) in [6.45, 7) is 0. The van der Waals surface area contributed by atoms with Crippen LogP contribution in [0.25, 0.3) is 0 Å². The molecule has 6 nitrogen and oxygen atoms in total. The number of sulfonamides is 1. The molecule has 0 aromatic heterocycles. The Bertz CT molecular complexity index is 1080. The van der Waals surface area contributed by atoms with Crippen LogP contribution in [0.2, 0.25) is 5.02 Å². The van der Waals surface area contributed by atoms with E-state index >= 15 is 0 Å². The van der Waals surface area contributed by atoms with Crippen molar-refractivity contribution >= 4 is 33.5 Å². The third-order valence-electron chi connectivity index (χ3n) is 3.69. The van der Waals surface area contributed by atoms with E-state index in [-0.39, 0.29) is 20.5 Å². The lowest BCUT2D eigenvalue weighted by molar-refractivity contribution is -0.0311. The van der Waals surface area contributed by atoms with E-state index in [1.807, 2.05) is 0 Å². The molecule has 0 bridgehead atoms. The van der Waals surface area contributed by atoms with Crippen molar-refractivity contribution < 1.29 is 22.8 Å². The van der Waals surface area contributed by atoms with E-state index < -0.39 is 21.9 Å². The largest absolute Gasteiger partial charge is 0.364 e. The summed E-state index contributed by atoms with van der Waals surface area (Å²) in [5, 5.41) is 0.321. The van der Waals surface area contributed by atoms with Crippen molar-refractivity contribution in [1.82, 2.24) is 4.47 Å². The maximum absolute atomic E-state index is 13.0. The van der Waals surface area contributed by atoms with Crippen LogP contribution in [0.4, 0.5) is 0 Å². The van der Waals surface area contributed by atoms with Gasteiger partial charge in [-0.2, -0.15) is 8.42 Å². The molecule has 0 atom stereocenters. The molecule has 0 aliphatic heterocycles. The minimum absolute atomic E-state index is 0.0425. The molecular weight excluding hydrogens is 402 g/mol. The Kier molecular flexibility index (Phi) is 5.77. The molecule has 28 heavy (non-hydrogen) atoms. The topological polar surface area (TPSA) is 80.8 Å². The summed E-state index contributed by atoms with van der Waals surface area (Å²) in [6, 6.07) is 20.6. The first kappa shape index (κ1) is 19.6. The fraction of sp³-hybridized carbons (Fsp3) is 0. The van der Waals surface area contributed by atoms with Gasteiger partial charge in [0.05, 0.1) is 10.5 Å². The van der Waals surface area contributed by atoms with Gasteiger partial charge in [0.1, 0.15) is 0 Å². The molecule has 0 N–H and O–H groups in total. The third kappa shape index (κ3) is 4.21. The standard InChI is InChI=1S/C20H14ClNO5S/c21-17-11-13-18(14-12-17)28(25,26)22(19(23)15-7-3-1-4-8-15)27-20(24)16-9-5-2-6-10-16/h1-14H. The van der Waals surface area contributed by atoms with Crippen LogP contribution in [0.15, 0.2) is 89.8 Å². The van der Waals surface area contributed by atoms with Crippen molar-refractivity contribution in [1.29, 1.82) is 0 Å². The van der Waals surface area contributed by atoms with Gasteiger partial charge in [-0.25, -0.2) is 4.79 Å². The summed E-state index contributed by atoms with van der Waals surface area (Å²) in [4.78, 5) is 30.0. The smallest absolute Gasteiger partial charge is 0.317 e. The quantitative estimate of drug-likeness (QED) is 0.603. The fourth-order valence-corrected chi connectivity index (χ4v) is 3.58. The second-order valence-electron chi connectivity index (χ2n) is 5.60. The lowest BCUT2D eigenvalue weighted by Gasteiger charge is -2.21. The Morgan fingerprint density at radius 1 is 0.750 bits per heavy atom. The molecule has 8 heteroatoms. The summed E-state index contributed by atoms with van der Waals surface area (Å²) in [5.41, 5.74) is 0.139. The highest BCUT2D eigenvalue weighted by molar-refractivity contribution is 7.89. The number of benzene rings is 3. The lowest BCUT2D eigenvalue weighted by atomic mass is 10.2. The van der Waals surface area contributed by atoms with Gasteiger partial charge in [-0.1, -0.05) is 48.0 Å². The highest BCUT2D eigenvalue weighted by Crippen LogP contribution is 2.22. The van der Waals surface area contributed by atoms with Crippen LogP contribution in [-0.2, 0) is 14.9 Å². The van der Waals surface area contributed by atoms with Crippen LogP contribution < -0.4 is 0 Å². The number of rotatable bonds is 4. The summed E-state index contributed by atoms with van der Waals surface area (Å²) >= 11 is 5.80. The number of hydrogen-bond acceptors (Lipinski definition) is 5. The number of halogens is 1. The first-order valence-electron chi connectivity index (χ1n) is 8.07. The monoisotopic (exact) mass is 415 g/mol. The van der Waals surface area contributed by atoms with Crippen LogP contribution in [-0.4, -0.2) is 24.8 Å². The number of nitrogens with zero attached hydrogens (tertiary/aromatic N) is 1. The van der Waals surface area contributed by atoms with E-state index in [9.17, 15) is 18.0 Å².